The second-order valence-electron chi connectivity index (χ2n) is 7.50. The average Bonchev–Trinajstić information content (AvgIpc) is 3.06. The van der Waals surface area contributed by atoms with Gasteiger partial charge in [-0.2, -0.15) is 5.10 Å². The molecule has 130 valence electrons. The highest BCUT2D eigenvalue weighted by Gasteiger charge is 2.22. The predicted molar refractivity (Wildman–Crippen MR) is 96.8 cm³/mol. The molecule has 0 saturated carbocycles. The van der Waals surface area contributed by atoms with Crippen LogP contribution in [0.5, 0.6) is 0 Å². The van der Waals surface area contributed by atoms with Crippen LogP contribution in [0.3, 0.4) is 0 Å². The SMILES string of the molecule is CC(C)N1CCC[C@H](Cc2cncc(-c3cnn(C(C)C)c3)n2)C1. The van der Waals surface area contributed by atoms with Gasteiger partial charge in [-0.1, -0.05) is 0 Å². The molecule has 5 nitrogen and oxygen atoms in total. The zero-order valence-corrected chi connectivity index (χ0v) is 15.3. The number of rotatable bonds is 5. The second kappa shape index (κ2) is 7.43. The summed E-state index contributed by atoms with van der Waals surface area (Å²) in [4.78, 5) is 11.8. The number of likely N-dealkylation sites (tertiary alicyclic amines) is 1. The molecule has 1 atom stereocenters. The third-order valence-corrected chi connectivity index (χ3v) is 4.89. The van der Waals surface area contributed by atoms with Crippen molar-refractivity contribution in [1.82, 2.24) is 24.6 Å². The molecular formula is C19H29N5. The van der Waals surface area contributed by atoms with Crippen molar-refractivity contribution in [3.63, 3.8) is 0 Å². The van der Waals surface area contributed by atoms with Crippen molar-refractivity contribution in [3.05, 3.63) is 30.5 Å². The van der Waals surface area contributed by atoms with Crippen LogP contribution in [0.25, 0.3) is 11.3 Å². The van der Waals surface area contributed by atoms with Crippen molar-refractivity contribution in [1.29, 1.82) is 0 Å². The number of piperidine rings is 1. The van der Waals surface area contributed by atoms with Crippen LogP contribution in [-0.4, -0.2) is 43.8 Å². The first kappa shape index (κ1) is 17.1. The van der Waals surface area contributed by atoms with E-state index in [0.29, 0.717) is 18.0 Å². The smallest absolute Gasteiger partial charge is 0.0920 e. The summed E-state index contributed by atoms with van der Waals surface area (Å²) in [6.07, 6.45) is 11.3. The number of nitrogens with zero attached hydrogens (tertiary/aromatic N) is 5. The predicted octanol–water partition coefficient (Wildman–Crippen LogP) is 3.58. The van der Waals surface area contributed by atoms with Crippen molar-refractivity contribution in [3.8, 4) is 11.3 Å². The molecule has 0 aliphatic carbocycles. The molecule has 0 bridgehead atoms. The van der Waals surface area contributed by atoms with E-state index in [4.69, 9.17) is 4.98 Å². The fraction of sp³-hybridized carbons (Fsp3) is 0.632. The Morgan fingerprint density at radius 2 is 1.96 bits per heavy atom. The fourth-order valence-electron chi connectivity index (χ4n) is 3.43. The topological polar surface area (TPSA) is 46.8 Å². The Hall–Kier alpha value is -1.75. The quantitative estimate of drug-likeness (QED) is 0.842. The molecule has 0 N–H and O–H groups in total. The van der Waals surface area contributed by atoms with Crippen molar-refractivity contribution < 1.29 is 0 Å². The van der Waals surface area contributed by atoms with E-state index in [0.717, 1.165) is 23.4 Å². The average molecular weight is 327 g/mol. The molecule has 0 spiro atoms. The van der Waals surface area contributed by atoms with Gasteiger partial charge in [-0.05, 0) is 59.4 Å². The Kier molecular flexibility index (Phi) is 5.29. The van der Waals surface area contributed by atoms with E-state index in [9.17, 15) is 0 Å². The fourth-order valence-corrected chi connectivity index (χ4v) is 3.43. The highest BCUT2D eigenvalue weighted by atomic mass is 15.3. The summed E-state index contributed by atoms with van der Waals surface area (Å²) in [6.45, 7) is 11.2. The summed E-state index contributed by atoms with van der Waals surface area (Å²) in [5, 5.41) is 4.41. The Morgan fingerprint density at radius 3 is 2.67 bits per heavy atom. The first-order chi connectivity index (χ1) is 11.5. The molecule has 5 heteroatoms. The van der Waals surface area contributed by atoms with Gasteiger partial charge in [0.25, 0.3) is 0 Å². The monoisotopic (exact) mass is 327 g/mol. The van der Waals surface area contributed by atoms with Crippen molar-refractivity contribution in [2.24, 2.45) is 5.92 Å². The van der Waals surface area contributed by atoms with Gasteiger partial charge in [0.05, 0.1) is 23.8 Å². The number of hydrogen-bond donors (Lipinski definition) is 0. The Morgan fingerprint density at radius 1 is 1.12 bits per heavy atom. The molecule has 3 heterocycles. The van der Waals surface area contributed by atoms with Crippen LogP contribution >= 0.6 is 0 Å². The van der Waals surface area contributed by atoms with Gasteiger partial charge >= 0.3 is 0 Å². The van der Waals surface area contributed by atoms with Crippen LogP contribution in [0.2, 0.25) is 0 Å². The molecule has 1 saturated heterocycles. The molecular weight excluding hydrogens is 298 g/mol. The van der Waals surface area contributed by atoms with Gasteiger partial charge in [0, 0.05) is 36.6 Å². The molecule has 0 amide bonds. The third-order valence-electron chi connectivity index (χ3n) is 4.89. The lowest BCUT2D eigenvalue weighted by atomic mass is 9.92. The summed E-state index contributed by atoms with van der Waals surface area (Å²) in [6, 6.07) is 0.992. The van der Waals surface area contributed by atoms with Crippen LogP contribution in [-0.2, 0) is 6.42 Å². The molecule has 0 radical (unpaired) electrons. The minimum atomic E-state index is 0.360. The first-order valence-electron chi connectivity index (χ1n) is 9.12. The normalized spacial score (nSPS) is 19.3. The molecule has 0 aromatic carbocycles. The summed E-state index contributed by atoms with van der Waals surface area (Å²) in [7, 11) is 0. The zero-order valence-electron chi connectivity index (χ0n) is 15.3. The van der Waals surface area contributed by atoms with E-state index in [1.54, 1.807) is 0 Å². The highest BCUT2D eigenvalue weighted by Crippen LogP contribution is 2.23. The van der Waals surface area contributed by atoms with E-state index in [-0.39, 0.29) is 0 Å². The van der Waals surface area contributed by atoms with E-state index in [1.807, 2.05) is 23.3 Å². The van der Waals surface area contributed by atoms with Crippen molar-refractivity contribution >= 4 is 0 Å². The summed E-state index contributed by atoms with van der Waals surface area (Å²) >= 11 is 0. The summed E-state index contributed by atoms with van der Waals surface area (Å²) < 4.78 is 1.96. The largest absolute Gasteiger partial charge is 0.301 e. The molecule has 1 aliphatic rings. The molecule has 1 fully saturated rings. The maximum atomic E-state index is 4.85. The maximum absolute atomic E-state index is 4.85. The molecule has 0 unspecified atom stereocenters. The summed E-state index contributed by atoms with van der Waals surface area (Å²) in [5.74, 6) is 0.684. The number of hydrogen-bond acceptors (Lipinski definition) is 4. The van der Waals surface area contributed by atoms with Crippen LogP contribution in [0.15, 0.2) is 24.8 Å². The van der Waals surface area contributed by atoms with Crippen LogP contribution < -0.4 is 0 Å². The molecule has 1 aliphatic heterocycles. The molecule has 2 aromatic rings. The lowest BCUT2D eigenvalue weighted by Crippen LogP contribution is -2.40. The van der Waals surface area contributed by atoms with E-state index < -0.39 is 0 Å². The molecule has 3 rings (SSSR count). The summed E-state index contributed by atoms with van der Waals surface area (Å²) in [5.41, 5.74) is 3.07. The Balaban J connectivity index is 1.71. The Bertz CT molecular complexity index is 661. The second-order valence-corrected chi connectivity index (χ2v) is 7.50. The minimum absolute atomic E-state index is 0.360. The van der Waals surface area contributed by atoms with Gasteiger partial charge in [0.15, 0.2) is 0 Å². The van der Waals surface area contributed by atoms with Crippen molar-refractivity contribution in [2.75, 3.05) is 13.1 Å². The minimum Gasteiger partial charge on any atom is -0.301 e. The van der Waals surface area contributed by atoms with Gasteiger partial charge in [-0.25, -0.2) is 4.98 Å². The molecule has 24 heavy (non-hydrogen) atoms. The lowest BCUT2D eigenvalue weighted by Gasteiger charge is -2.35. The van der Waals surface area contributed by atoms with Crippen LogP contribution in [0.4, 0.5) is 0 Å². The van der Waals surface area contributed by atoms with Gasteiger partial charge in [-0.3, -0.25) is 9.67 Å². The first-order valence-corrected chi connectivity index (χ1v) is 9.12. The highest BCUT2D eigenvalue weighted by molar-refractivity contribution is 5.55. The zero-order chi connectivity index (χ0) is 17.1. The van der Waals surface area contributed by atoms with Gasteiger partial charge < -0.3 is 4.90 Å². The lowest BCUT2D eigenvalue weighted by molar-refractivity contribution is 0.139. The van der Waals surface area contributed by atoms with E-state index >= 15 is 0 Å². The Labute approximate surface area is 145 Å². The van der Waals surface area contributed by atoms with Crippen LogP contribution in [0.1, 0.15) is 52.3 Å². The van der Waals surface area contributed by atoms with Crippen molar-refractivity contribution in [2.45, 2.75) is 59.0 Å². The number of aromatic nitrogens is 4. The third kappa shape index (κ3) is 4.01. The van der Waals surface area contributed by atoms with Gasteiger partial charge in [-0.15, -0.1) is 0 Å². The van der Waals surface area contributed by atoms with Gasteiger partial charge in [0.2, 0.25) is 0 Å². The standard InChI is InChI=1S/C19H29N5/c1-14(2)23-7-5-6-16(12-23)8-18-10-20-11-19(22-18)17-9-21-24(13-17)15(3)4/h9-11,13-16H,5-8,12H2,1-4H3/t16-/m1/s1. The maximum Gasteiger partial charge on any atom is 0.0920 e. The van der Waals surface area contributed by atoms with Crippen LogP contribution in [0, 0.1) is 5.92 Å². The van der Waals surface area contributed by atoms with E-state index in [2.05, 4.69) is 48.9 Å². The van der Waals surface area contributed by atoms with Gasteiger partial charge in [0.1, 0.15) is 0 Å². The van der Waals surface area contributed by atoms with E-state index in [1.165, 1.54) is 25.9 Å². The molecule has 2 aromatic heterocycles.